The molecule has 1 fully saturated rings. The van der Waals surface area contributed by atoms with E-state index in [9.17, 15) is 0 Å². The van der Waals surface area contributed by atoms with Gasteiger partial charge < -0.3 is 15.9 Å². The second-order valence-corrected chi connectivity index (χ2v) is 20.7. The second kappa shape index (κ2) is 5.19. The summed E-state index contributed by atoms with van der Waals surface area (Å²) in [5.74, 6) is 0. The predicted octanol–water partition coefficient (Wildman–Crippen LogP) is -1.77. The normalized spacial score (nSPS) is 35.3. The first-order valence-corrected chi connectivity index (χ1v) is 14.3. The van der Waals surface area contributed by atoms with Crippen LogP contribution in [0.3, 0.4) is 0 Å². The number of rotatable bonds is 4. The molecule has 0 aliphatic carbocycles. The van der Waals surface area contributed by atoms with Crippen molar-refractivity contribution in [2.45, 2.75) is 17.4 Å². The van der Waals surface area contributed by atoms with E-state index >= 15 is 0 Å². The fourth-order valence-corrected chi connectivity index (χ4v) is 26.1. The van der Waals surface area contributed by atoms with Crippen LogP contribution in [0.1, 0.15) is 0 Å². The number of nitrogens with two attached hydrogens (primary N) is 2. The molecule has 14 heavy (non-hydrogen) atoms. The van der Waals surface area contributed by atoms with Crippen LogP contribution in [0, 0.1) is 0 Å². The van der Waals surface area contributed by atoms with Crippen LogP contribution in [0.4, 0.5) is 0 Å². The van der Waals surface area contributed by atoms with Gasteiger partial charge >= 0.3 is 0 Å². The third kappa shape index (κ3) is 2.15. The SMILES string of the molecule is C=CC(N)[Si]1(C(N)C=C)CCO[SiH2][SiH2]1. The fraction of sp³-hybridized carbons (Fsp3) is 0.500. The average molecular weight is 245 g/mol. The fourth-order valence-electron chi connectivity index (χ4n) is 2.11. The van der Waals surface area contributed by atoms with Gasteiger partial charge in [-0.05, 0) is 6.04 Å². The third-order valence-corrected chi connectivity index (χ3v) is 27.6. The summed E-state index contributed by atoms with van der Waals surface area (Å²) in [6, 6.07) is 1.12. The van der Waals surface area contributed by atoms with Crippen LogP contribution in [-0.2, 0) is 4.43 Å². The second-order valence-electron chi connectivity index (χ2n) is 3.87. The summed E-state index contributed by atoms with van der Waals surface area (Å²) < 4.78 is 5.57. The van der Waals surface area contributed by atoms with Gasteiger partial charge in [0.15, 0.2) is 0 Å². The molecule has 0 aromatic carbocycles. The van der Waals surface area contributed by atoms with Crippen molar-refractivity contribution in [1.29, 1.82) is 0 Å². The summed E-state index contributed by atoms with van der Waals surface area (Å²) in [4.78, 5) is 0. The Labute approximate surface area is 90.9 Å². The Balaban J connectivity index is 2.86. The van der Waals surface area contributed by atoms with Crippen LogP contribution < -0.4 is 11.5 Å². The molecule has 0 saturated carbocycles. The molecule has 0 bridgehead atoms. The minimum absolute atomic E-state index is 0.138. The van der Waals surface area contributed by atoms with E-state index in [1.54, 1.807) is 0 Å². The molecule has 2 unspecified atom stereocenters. The van der Waals surface area contributed by atoms with Crippen molar-refractivity contribution in [1.82, 2.24) is 0 Å². The summed E-state index contributed by atoms with van der Waals surface area (Å²) in [5.41, 5.74) is 12.7. The van der Waals surface area contributed by atoms with Gasteiger partial charge in [-0.3, -0.25) is 0 Å². The number of hydrogen-bond acceptors (Lipinski definition) is 3. The maximum atomic E-state index is 6.18. The monoisotopic (exact) mass is 244 g/mol. The van der Waals surface area contributed by atoms with E-state index in [1.807, 2.05) is 12.2 Å². The average Bonchev–Trinajstić information content (AvgIpc) is 2.27. The van der Waals surface area contributed by atoms with Crippen molar-refractivity contribution < 1.29 is 4.43 Å². The van der Waals surface area contributed by atoms with Crippen molar-refractivity contribution in [2.24, 2.45) is 11.5 Å². The van der Waals surface area contributed by atoms with E-state index in [-0.39, 0.29) is 29.2 Å². The lowest BCUT2D eigenvalue weighted by atomic mass is 10.6. The van der Waals surface area contributed by atoms with E-state index in [2.05, 4.69) is 13.2 Å². The zero-order chi connectivity index (χ0) is 10.6. The van der Waals surface area contributed by atoms with Crippen LogP contribution in [0.15, 0.2) is 25.3 Å². The van der Waals surface area contributed by atoms with Crippen LogP contribution in [-0.4, -0.2) is 43.4 Å². The first-order valence-electron chi connectivity index (χ1n) is 5.01. The van der Waals surface area contributed by atoms with Crippen molar-refractivity contribution in [3.05, 3.63) is 25.3 Å². The van der Waals surface area contributed by atoms with Crippen LogP contribution in [0.25, 0.3) is 0 Å². The highest BCUT2D eigenvalue weighted by atomic mass is 29.6. The van der Waals surface area contributed by atoms with Gasteiger partial charge in [-0.2, -0.15) is 0 Å². The van der Waals surface area contributed by atoms with Crippen molar-refractivity contribution in [3.8, 4) is 0 Å². The highest BCUT2D eigenvalue weighted by Gasteiger charge is 2.43. The summed E-state index contributed by atoms with van der Waals surface area (Å²) in [6.45, 7) is 8.51. The van der Waals surface area contributed by atoms with Gasteiger partial charge in [0.2, 0.25) is 0 Å². The topological polar surface area (TPSA) is 61.3 Å². The van der Waals surface area contributed by atoms with Crippen LogP contribution in [0.5, 0.6) is 0 Å². The summed E-state index contributed by atoms with van der Waals surface area (Å²) in [7, 11) is -1.89. The lowest BCUT2D eigenvalue weighted by molar-refractivity contribution is 0.364. The Morgan fingerprint density at radius 1 is 1.29 bits per heavy atom. The lowest BCUT2D eigenvalue weighted by Crippen LogP contribution is -2.70. The molecule has 1 heterocycles. The van der Waals surface area contributed by atoms with Gasteiger partial charge in [0, 0.05) is 26.5 Å². The van der Waals surface area contributed by atoms with Gasteiger partial charge in [0.25, 0.3) is 0 Å². The molecule has 0 aromatic rings. The molecule has 2 atom stereocenters. The molecule has 0 aromatic heterocycles. The quantitative estimate of drug-likeness (QED) is 0.455. The molecular formula is C8H20N2OSi3. The van der Waals surface area contributed by atoms with Crippen molar-refractivity contribution >= 4 is 25.4 Å². The van der Waals surface area contributed by atoms with E-state index < -0.39 is 7.59 Å². The van der Waals surface area contributed by atoms with E-state index in [4.69, 9.17) is 15.9 Å². The Hall–Kier alpha value is 0.0106. The minimum atomic E-state index is -1.49. The molecule has 0 radical (unpaired) electrons. The molecule has 6 heteroatoms. The first-order chi connectivity index (χ1) is 6.67. The van der Waals surface area contributed by atoms with Crippen molar-refractivity contribution in [2.75, 3.05) is 6.61 Å². The summed E-state index contributed by atoms with van der Waals surface area (Å²) >= 11 is 0. The highest BCUT2D eigenvalue weighted by Crippen LogP contribution is 2.20. The first kappa shape index (κ1) is 12.1. The lowest BCUT2D eigenvalue weighted by Gasteiger charge is -2.41. The standard InChI is InChI=1S/C8H20N2OSi3/c1-3-7(9)14(8(10)4-2)6-5-11-12-13-14/h3-4,7-8H,1-2,5-6,9-10,12-13H2. The van der Waals surface area contributed by atoms with Crippen LogP contribution >= 0.6 is 0 Å². The molecule has 1 aliphatic rings. The molecular weight excluding hydrogens is 224 g/mol. The Bertz CT molecular complexity index is 203. The molecule has 0 amide bonds. The van der Waals surface area contributed by atoms with Gasteiger partial charge in [-0.15, -0.1) is 13.2 Å². The zero-order valence-corrected chi connectivity index (χ0v) is 12.4. The molecule has 3 nitrogen and oxygen atoms in total. The Morgan fingerprint density at radius 3 is 2.21 bits per heavy atom. The van der Waals surface area contributed by atoms with Gasteiger partial charge in [-0.25, -0.2) is 0 Å². The maximum absolute atomic E-state index is 6.18. The summed E-state index contributed by atoms with van der Waals surface area (Å²) in [6.07, 6.45) is 3.78. The van der Waals surface area contributed by atoms with Gasteiger partial charge in [0.05, 0.1) is 7.59 Å². The van der Waals surface area contributed by atoms with Crippen molar-refractivity contribution in [3.63, 3.8) is 0 Å². The molecule has 1 saturated heterocycles. The number of hydrogen-bond donors (Lipinski definition) is 2. The molecule has 0 spiro atoms. The zero-order valence-electron chi connectivity index (χ0n) is 8.61. The van der Waals surface area contributed by atoms with Gasteiger partial charge in [0.1, 0.15) is 9.28 Å². The largest absolute Gasteiger partial charge is 0.428 e. The maximum Gasteiger partial charge on any atom is 0.141 e. The molecule has 1 aliphatic heterocycles. The minimum Gasteiger partial charge on any atom is -0.428 e. The van der Waals surface area contributed by atoms with E-state index in [0.29, 0.717) is 0 Å². The van der Waals surface area contributed by atoms with Crippen LogP contribution in [0.2, 0.25) is 6.04 Å². The van der Waals surface area contributed by atoms with E-state index in [1.165, 1.54) is 0 Å². The Kier molecular flexibility index (Phi) is 4.48. The predicted molar refractivity (Wildman–Crippen MR) is 69.9 cm³/mol. The molecule has 80 valence electrons. The Morgan fingerprint density at radius 2 is 1.86 bits per heavy atom. The smallest absolute Gasteiger partial charge is 0.141 e. The summed E-state index contributed by atoms with van der Waals surface area (Å²) in [5, 5.41) is 0. The molecule has 1 rings (SSSR count). The van der Waals surface area contributed by atoms with E-state index in [0.717, 1.165) is 12.7 Å². The molecule has 4 N–H and O–H groups in total. The third-order valence-electron chi connectivity index (χ3n) is 3.26. The highest BCUT2D eigenvalue weighted by molar-refractivity contribution is 7.44. The van der Waals surface area contributed by atoms with Gasteiger partial charge in [-0.1, -0.05) is 12.2 Å².